The van der Waals surface area contributed by atoms with Crippen LogP contribution in [0.2, 0.25) is 10.0 Å². The number of hydrogen-bond acceptors (Lipinski definition) is 4. The molecule has 1 N–H and O–H groups in total. The molecule has 0 saturated carbocycles. The SMILES string of the molecule is O=C(O)C=Cc1nc(CSc2c(Cl)cccc2Cl)ccc1OCCCCc1ccc(F)cc1. The molecule has 3 aromatic rings. The van der Waals surface area contributed by atoms with Gasteiger partial charge in [-0.3, -0.25) is 0 Å². The molecule has 172 valence electrons. The Labute approximate surface area is 206 Å². The molecule has 0 amide bonds. The van der Waals surface area contributed by atoms with Crippen molar-refractivity contribution in [3.8, 4) is 5.75 Å². The Balaban J connectivity index is 1.60. The van der Waals surface area contributed by atoms with Crippen LogP contribution in [0.25, 0.3) is 6.08 Å². The maximum Gasteiger partial charge on any atom is 0.328 e. The van der Waals surface area contributed by atoms with Crippen LogP contribution in [-0.2, 0) is 17.0 Å². The number of rotatable bonds is 11. The Kier molecular flexibility index (Phi) is 9.61. The number of carboxylic acids is 1. The summed E-state index contributed by atoms with van der Waals surface area (Å²) in [7, 11) is 0. The number of pyridine rings is 1. The van der Waals surface area contributed by atoms with Crippen molar-refractivity contribution in [3.63, 3.8) is 0 Å². The van der Waals surface area contributed by atoms with E-state index in [1.807, 2.05) is 6.07 Å². The lowest BCUT2D eigenvalue weighted by molar-refractivity contribution is -0.131. The number of carbonyl (C=O) groups is 1. The largest absolute Gasteiger partial charge is 0.491 e. The number of hydrogen-bond donors (Lipinski definition) is 1. The van der Waals surface area contributed by atoms with Crippen LogP contribution >= 0.6 is 35.0 Å². The number of nitrogens with zero attached hydrogens (tertiary/aromatic N) is 1. The van der Waals surface area contributed by atoms with E-state index in [1.54, 1.807) is 36.4 Å². The molecule has 1 aromatic heterocycles. The van der Waals surface area contributed by atoms with E-state index in [0.717, 1.165) is 41.5 Å². The van der Waals surface area contributed by atoms with Crippen LogP contribution in [0, 0.1) is 5.82 Å². The Morgan fingerprint density at radius 2 is 1.79 bits per heavy atom. The zero-order valence-corrected chi connectivity index (χ0v) is 20.0. The molecule has 4 nitrogen and oxygen atoms in total. The minimum atomic E-state index is -1.07. The summed E-state index contributed by atoms with van der Waals surface area (Å²) >= 11 is 13.9. The summed E-state index contributed by atoms with van der Waals surface area (Å²) in [6.45, 7) is 0.458. The van der Waals surface area contributed by atoms with Crippen LogP contribution in [-0.4, -0.2) is 22.7 Å². The average Bonchev–Trinajstić information content (AvgIpc) is 2.79. The smallest absolute Gasteiger partial charge is 0.328 e. The van der Waals surface area contributed by atoms with Gasteiger partial charge in [0.2, 0.25) is 0 Å². The van der Waals surface area contributed by atoms with Crippen LogP contribution in [0.15, 0.2) is 65.6 Å². The van der Waals surface area contributed by atoms with Crippen molar-refractivity contribution >= 4 is 47.0 Å². The quantitative estimate of drug-likeness (QED) is 0.168. The first-order chi connectivity index (χ1) is 15.9. The zero-order chi connectivity index (χ0) is 23.6. The number of thioether (sulfide) groups is 1. The van der Waals surface area contributed by atoms with Gasteiger partial charge in [0.1, 0.15) is 17.3 Å². The number of aryl methyl sites for hydroxylation is 1. The van der Waals surface area contributed by atoms with Gasteiger partial charge in [-0.05, 0) is 67.3 Å². The lowest BCUT2D eigenvalue weighted by Crippen LogP contribution is -2.02. The second-order valence-corrected chi connectivity index (χ2v) is 8.93. The Hall–Kier alpha value is -2.54. The summed E-state index contributed by atoms with van der Waals surface area (Å²) in [4.78, 5) is 16.3. The molecule has 0 spiro atoms. The molecule has 2 aromatic carbocycles. The van der Waals surface area contributed by atoms with Crippen LogP contribution in [0.4, 0.5) is 4.39 Å². The molecule has 0 fully saturated rings. The number of halogens is 3. The zero-order valence-electron chi connectivity index (χ0n) is 17.6. The molecule has 1 heterocycles. The molecule has 0 bridgehead atoms. The maximum atomic E-state index is 13.0. The van der Waals surface area contributed by atoms with E-state index < -0.39 is 5.97 Å². The number of ether oxygens (including phenoxy) is 1. The highest BCUT2D eigenvalue weighted by Crippen LogP contribution is 2.35. The average molecular weight is 506 g/mol. The van der Waals surface area contributed by atoms with E-state index in [9.17, 15) is 9.18 Å². The van der Waals surface area contributed by atoms with Crippen molar-refractivity contribution in [2.75, 3.05) is 6.61 Å². The van der Waals surface area contributed by atoms with E-state index in [0.29, 0.717) is 33.8 Å². The summed E-state index contributed by atoms with van der Waals surface area (Å²) < 4.78 is 18.9. The second kappa shape index (κ2) is 12.6. The molecule has 0 aliphatic carbocycles. The van der Waals surface area contributed by atoms with Gasteiger partial charge in [-0.25, -0.2) is 14.2 Å². The van der Waals surface area contributed by atoms with E-state index >= 15 is 0 Å². The summed E-state index contributed by atoms with van der Waals surface area (Å²) in [6.07, 6.45) is 4.96. The highest BCUT2D eigenvalue weighted by molar-refractivity contribution is 7.98. The second-order valence-electron chi connectivity index (χ2n) is 7.13. The number of aliphatic carboxylic acids is 1. The summed E-state index contributed by atoms with van der Waals surface area (Å²) in [6, 6.07) is 15.4. The van der Waals surface area contributed by atoms with Crippen molar-refractivity contribution < 1.29 is 19.0 Å². The first-order valence-electron chi connectivity index (χ1n) is 10.3. The highest BCUT2D eigenvalue weighted by atomic mass is 35.5. The predicted molar refractivity (Wildman–Crippen MR) is 132 cm³/mol. The van der Waals surface area contributed by atoms with Crippen molar-refractivity contribution in [3.05, 3.63) is 93.5 Å². The van der Waals surface area contributed by atoms with E-state index in [1.165, 1.54) is 30.0 Å². The van der Waals surface area contributed by atoms with Crippen LogP contribution in [0.3, 0.4) is 0 Å². The number of aromatic nitrogens is 1. The highest BCUT2D eigenvalue weighted by Gasteiger charge is 2.10. The monoisotopic (exact) mass is 505 g/mol. The topological polar surface area (TPSA) is 59.4 Å². The summed E-state index contributed by atoms with van der Waals surface area (Å²) in [5.74, 6) is -0.285. The van der Waals surface area contributed by atoms with Gasteiger partial charge in [0, 0.05) is 16.7 Å². The lowest BCUT2D eigenvalue weighted by Gasteiger charge is -2.11. The normalized spacial score (nSPS) is 11.1. The third kappa shape index (κ3) is 8.07. The first-order valence-corrected chi connectivity index (χ1v) is 12.0. The standard InChI is InChI=1S/C25H22Cl2FNO3S/c26-20-5-3-6-21(27)25(20)33-16-19-11-13-23(22(29-19)12-14-24(30)31)32-15-2-1-4-17-7-9-18(28)10-8-17/h3,5-14H,1-2,4,15-16H2,(H,30,31). The number of benzene rings is 2. The van der Waals surface area contributed by atoms with Gasteiger partial charge in [-0.1, -0.05) is 41.4 Å². The van der Waals surface area contributed by atoms with E-state index in [-0.39, 0.29) is 5.82 Å². The molecule has 3 rings (SSSR count). The third-order valence-electron chi connectivity index (χ3n) is 4.64. The van der Waals surface area contributed by atoms with Gasteiger partial charge in [0.25, 0.3) is 0 Å². The van der Waals surface area contributed by atoms with Crippen LogP contribution in [0.1, 0.15) is 29.8 Å². The Morgan fingerprint density at radius 1 is 1.06 bits per heavy atom. The fourth-order valence-electron chi connectivity index (χ4n) is 3.01. The van der Waals surface area contributed by atoms with E-state index in [2.05, 4.69) is 4.98 Å². The van der Waals surface area contributed by atoms with Gasteiger partial charge in [0.05, 0.1) is 22.3 Å². The summed E-state index contributed by atoms with van der Waals surface area (Å²) in [5, 5.41) is 10.1. The van der Waals surface area contributed by atoms with Crippen molar-refractivity contribution in [1.29, 1.82) is 0 Å². The molecule has 8 heteroatoms. The predicted octanol–water partition coefficient (Wildman–Crippen LogP) is 7.32. The van der Waals surface area contributed by atoms with Gasteiger partial charge in [-0.15, -0.1) is 11.8 Å². The first kappa shape index (κ1) is 25.1. The van der Waals surface area contributed by atoms with Crippen molar-refractivity contribution in [2.24, 2.45) is 0 Å². The van der Waals surface area contributed by atoms with Gasteiger partial charge in [0.15, 0.2) is 0 Å². The fourth-order valence-corrected chi connectivity index (χ4v) is 4.60. The van der Waals surface area contributed by atoms with Gasteiger partial charge < -0.3 is 9.84 Å². The third-order valence-corrected chi connectivity index (χ3v) is 6.66. The molecular weight excluding hydrogens is 484 g/mol. The molecule has 0 atom stereocenters. The summed E-state index contributed by atoms with van der Waals surface area (Å²) in [5.41, 5.74) is 2.26. The minimum Gasteiger partial charge on any atom is -0.491 e. The minimum absolute atomic E-state index is 0.242. The molecule has 0 aliphatic rings. The van der Waals surface area contributed by atoms with Crippen LogP contribution < -0.4 is 4.74 Å². The molecule has 33 heavy (non-hydrogen) atoms. The molecule has 0 unspecified atom stereocenters. The molecular formula is C25H22Cl2FNO3S. The fraction of sp³-hybridized carbons (Fsp3) is 0.200. The van der Waals surface area contributed by atoms with Crippen molar-refractivity contribution in [1.82, 2.24) is 4.98 Å². The molecule has 0 saturated heterocycles. The van der Waals surface area contributed by atoms with Gasteiger partial charge >= 0.3 is 5.97 Å². The Bertz CT molecular complexity index is 1100. The molecule has 0 aliphatic heterocycles. The van der Waals surface area contributed by atoms with Crippen molar-refractivity contribution in [2.45, 2.75) is 29.9 Å². The van der Waals surface area contributed by atoms with E-state index in [4.69, 9.17) is 33.0 Å². The number of unbranched alkanes of at least 4 members (excludes halogenated alkanes) is 1. The van der Waals surface area contributed by atoms with Crippen LogP contribution in [0.5, 0.6) is 5.75 Å². The number of carboxylic acid groups (broad SMARTS) is 1. The molecule has 0 radical (unpaired) electrons. The van der Waals surface area contributed by atoms with Gasteiger partial charge in [-0.2, -0.15) is 0 Å². The maximum absolute atomic E-state index is 13.0. The Morgan fingerprint density at radius 3 is 2.48 bits per heavy atom. The lowest BCUT2D eigenvalue weighted by atomic mass is 10.1.